The normalized spacial score (nSPS) is 11.0. The van der Waals surface area contributed by atoms with Crippen LogP contribution in [0.3, 0.4) is 0 Å². The molecule has 0 aliphatic rings. The van der Waals surface area contributed by atoms with Crippen molar-refractivity contribution in [2.24, 2.45) is 0 Å². The Bertz CT molecular complexity index is 1560. The molecular weight excluding hydrogens is 424 g/mol. The Hall–Kier alpha value is -4.44. The van der Waals surface area contributed by atoms with E-state index in [1.807, 2.05) is 84.9 Å². The van der Waals surface area contributed by atoms with Crippen LogP contribution in [0.15, 0.2) is 97.1 Å². The van der Waals surface area contributed by atoms with E-state index in [9.17, 15) is 14.7 Å². The number of aromatic carboxylic acids is 1. The van der Waals surface area contributed by atoms with Crippen LogP contribution in [0.25, 0.3) is 43.8 Å². The molecule has 0 radical (unpaired) electrons. The Balaban J connectivity index is 1.98. The quantitative estimate of drug-likeness (QED) is 0.290. The number of ether oxygens (including phenoxy) is 1. The third kappa shape index (κ3) is 3.59. The molecule has 0 aliphatic heterocycles. The zero-order chi connectivity index (χ0) is 23.7. The molecule has 4 heteroatoms. The van der Waals surface area contributed by atoms with Crippen molar-refractivity contribution in [1.29, 1.82) is 0 Å². The van der Waals surface area contributed by atoms with Crippen LogP contribution in [0.4, 0.5) is 0 Å². The van der Waals surface area contributed by atoms with Gasteiger partial charge in [0.25, 0.3) is 0 Å². The number of carboxylic acids is 1. The van der Waals surface area contributed by atoms with Gasteiger partial charge in [0.2, 0.25) is 0 Å². The first kappa shape index (κ1) is 21.4. The number of esters is 1. The summed E-state index contributed by atoms with van der Waals surface area (Å²) in [7, 11) is 0. The molecule has 0 bridgehead atoms. The number of hydrogen-bond acceptors (Lipinski definition) is 3. The van der Waals surface area contributed by atoms with Crippen molar-refractivity contribution < 1.29 is 19.4 Å². The van der Waals surface area contributed by atoms with Crippen LogP contribution in [0.1, 0.15) is 27.6 Å². The van der Waals surface area contributed by atoms with Gasteiger partial charge in [-0.2, -0.15) is 0 Å². The number of carbonyl (C=O) groups is 2. The lowest BCUT2D eigenvalue weighted by Gasteiger charge is -2.20. The van der Waals surface area contributed by atoms with Crippen LogP contribution >= 0.6 is 0 Å². The van der Waals surface area contributed by atoms with Crippen LogP contribution < -0.4 is 0 Å². The molecule has 0 unspecified atom stereocenters. The van der Waals surface area contributed by atoms with E-state index >= 15 is 0 Å². The molecular formula is C30H22O4. The molecule has 0 atom stereocenters. The highest BCUT2D eigenvalue weighted by atomic mass is 16.5. The average Bonchev–Trinajstić information content (AvgIpc) is 2.87. The summed E-state index contributed by atoms with van der Waals surface area (Å²) in [5, 5.41) is 14.0. The highest BCUT2D eigenvalue weighted by Gasteiger charge is 2.26. The third-order valence-corrected chi connectivity index (χ3v) is 6.05. The minimum absolute atomic E-state index is 0.132. The van der Waals surface area contributed by atoms with E-state index in [2.05, 4.69) is 0 Å². The predicted molar refractivity (Wildman–Crippen MR) is 135 cm³/mol. The maximum Gasteiger partial charge on any atom is 0.338 e. The molecule has 0 fully saturated rings. The summed E-state index contributed by atoms with van der Waals surface area (Å²) in [6.07, 6.45) is 0. The van der Waals surface area contributed by atoms with Gasteiger partial charge < -0.3 is 9.84 Å². The maximum atomic E-state index is 13.1. The summed E-state index contributed by atoms with van der Waals surface area (Å²) in [5.74, 6) is -1.54. The van der Waals surface area contributed by atoms with E-state index in [4.69, 9.17) is 4.74 Å². The van der Waals surface area contributed by atoms with Crippen molar-refractivity contribution in [3.05, 3.63) is 108 Å². The Morgan fingerprint density at radius 1 is 0.647 bits per heavy atom. The minimum atomic E-state index is -1.06. The van der Waals surface area contributed by atoms with Gasteiger partial charge in [-0.1, -0.05) is 84.9 Å². The summed E-state index contributed by atoms with van der Waals surface area (Å²) in [6, 6.07) is 30.5. The number of fused-ring (bicyclic) bond motifs is 2. The zero-order valence-corrected chi connectivity index (χ0v) is 18.6. The Labute approximate surface area is 197 Å². The first-order chi connectivity index (χ1) is 16.6. The molecule has 1 N–H and O–H groups in total. The van der Waals surface area contributed by atoms with Crippen molar-refractivity contribution >= 4 is 33.5 Å². The monoisotopic (exact) mass is 446 g/mol. The van der Waals surface area contributed by atoms with Gasteiger partial charge in [-0.05, 0) is 51.7 Å². The molecule has 4 nitrogen and oxygen atoms in total. The Kier molecular flexibility index (Phi) is 5.56. The lowest BCUT2D eigenvalue weighted by atomic mass is 9.83. The van der Waals surface area contributed by atoms with Gasteiger partial charge in [0.15, 0.2) is 0 Å². The molecule has 0 aliphatic carbocycles. The molecule has 0 spiro atoms. The van der Waals surface area contributed by atoms with E-state index in [1.54, 1.807) is 13.0 Å². The summed E-state index contributed by atoms with van der Waals surface area (Å²) >= 11 is 0. The Morgan fingerprint density at radius 2 is 1.12 bits per heavy atom. The molecule has 5 aromatic carbocycles. The summed E-state index contributed by atoms with van der Waals surface area (Å²) in [4.78, 5) is 25.6. The molecule has 5 rings (SSSR count). The molecule has 0 saturated carbocycles. The number of hydrogen-bond donors (Lipinski definition) is 1. The molecule has 166 valence electrons. The van der Waals surface area contributed by atoms with Crippen molar-refractivity contribution in [2.75, 3.05) is 6.61 Å². The van der Waals surface area contributed by atoms with Gasteiger partial charge in [0, 0.05) is 11.1 Å². The molecule has 0 amide bonds. The van der Waals surface area contributed by atoms with Crippen LogP contribution in [0.5, 0.6) is 0 Å². The largest absolute Gasteiger partial charge is 0.478 e. The minimum Gasteiger partial charge on any atom is -0.478 e. The SMILES string of the molecule is CCOC(=O)c1ccc(C(=O)O)c(-c2cccc3ccccc23)c1-c1cccc2ccccc12. The Morgan fingerprint density at radius 3 is 1.65 bits per heavy atom. The molecule has 5 aromatic rings. The summed E-state index contributed by atoms with van der Waals surface area (Å²) < 4.78 is 5.39. The standard InChI is InChI=1S/C30H22O4/c1-2-34-30(33)26-18-17-25(29(31)32)27(23-15-7-11-19-9-3-5-13-21(19)23)28(26)24-16-8-12-20-10-4-6-14-22(20)24/h3-18H,2H2,1H3,(H,31,32). The fraction of sp³-hybridized carbons (Fsp3) is 0.0667. The highest BCUT2D eigenvalue weighted by molar-refractivity contribution is 6.15. The van der Waals surface area contributed by atoms with E-state index in [0.29, 0.717) is 16.7 Å². The lowest BCUT2D eigenvalue weighted by Crippen LogP contribution is -2.11. The highest BCUT2D eigenvalue weighted by Crippen LogP contribution is 2.43. The summed E-state index contributed by atoms with van der Waals surface area (Å²) in [5.41, 5.74) is 3.08. The number of rotatable bonds is 5. The first-order valence-electron chi connectivity index (χ1n) is 11.1. The zero-order valence-electron chi connectivity index (χ0n) is 18.6. The van der Waals surface area contributed by atoms with E-state index < -0.39 is 11.9 Å². The van der Waals surface area contributed by atoms with Crippen molar-refractivity contribution in [3.63, 3.8) is 0 Å². The van der Waals surface area contributed by atoms with Gasteiger partial charge in [0.05, 0.1) is 17.7 Å². The van der Waals surface area contributed by atoms with Gasteiger partial charge >= 0.3 is 11.9 Å². The fourth-order valence-corrected chi connectivity index (χ4v) is 4.61. The number of carbonyl (C=O) groups excluding carboxylic acids is 1. The van der Waals surface area contributed by atoms with Gasteiger partial charge in [-0.25, -0.2) is 9.59 Å². The van der Waals surface area contributed by atoms with Crippen LogP contribution in [0.2, 0.25) is 0 Å². The topological polar surface area (TPSA) is 63.6 Å². The lowest BCUT2D eigenvalue weighted by molar-refractivity contribution is 0.0526. The van der Waals surface area contributed by atoms with Crippen molar-refractivity contribution in [2.45, 2.75) is 6.92 Å². The second kappa shape index (κ2) is 8.83. The van der Waals surface area contributed by atoms with Crippen molar-refractivity contribution in [1.82, 2.24) is 0 Å². The van der Waals surface area contributed by atoms with Crippen LogP contribution in [-0.2, 0) is 4.74 Å². The van der Waals surface area contributed by atoms with Crippen LogP contribution in [-0.4, -0.2) is 23.7 Å². The van der Waals surface area contributed by atoms with E-state index in [-0.39, 0.29) is 12.2 Å². The molecule has 0 aromatic heterocycles. The van der Waals surface area contributed by atoms with Crippen molar-refractivity contribution in [3.8, 4) is 22.3 Å². The smallest absolute Gasteiger partial charge is 0.338 e. The second-order valence-corrected chi connectivity index (χ2v) is 7.99. The average molecular weight is 447 g/mol. The number of carboxylic acid groups (broad SMARTS) is 1. The number of benzene rings is 5. The summed E-state index contributed by atoms with van der Waals surface area (Å²) in [6.45, 7) is 1.98. The molecule has 0 saturated heterocycles. The van der Waals surface area contributed by atoms with Gasteiger partial charge in [-0.3, -0.25) is 0 Å². The third-order valence-electron chi connectivity index (χ3n) is 6.05. The predicted octanol–water partition coefficient (Wildman–Crippen LogP) is 7.20. The first-order valence-corrected chi connectivity index (χ1v) is 11.1. The van der Waals surface area contributed by atoms with Gasteiger partial charge in [0.1, 0.15) is 0 Å². The van der Waals surface area contributed by atoms with Crippen LogP contribution in [0, 0.1) is 0 Å². The maximum absolute atomic E-state index is 13.1. The fourth-order valence-electron chi connectivity index (χ4n) is 4.61. The second-order valence-electron chi connectivity index (χ2n) is 7.99. The molecule has 34 heavy (non-hydrogen) atoms. The van der Waals surface area contributed by atoms with Gasteiger partial charge in [-0.15, -0.1) is 0 Å². The van der Waals surface area contributed by atoms with E-state index in [1.165, 1.54) is 6.07 Å². The van der Waals surface area contributed by atoms with E-state index in [0.717, 1.165) is 32.7 Å². The molecule has 0 heterocycles.